The summed E-state index contributed by atoms with van der Waals surface area (Å²) in [6.07, 6.45) is 0. The maximum atomic E-state index is 12.1. The minimum Gasteiger partial charge on any atom is -0.471 e. The third-order valence-electron chi connectivity index (χ3n) is 2.14. The zero-order valence-corrected chi connectivity index (χ0v) is 10.5. The van der Waals surface area contributed by atoms with E-state index in [-0.39, 0.29) is 10.6 Å². The molecule has 0 amide bonds. The molecule has 108 valence electrons. The van der Waals surface area contributed by atoms with Crippen molar-refractivity contribution in [1.82, 2.24) is 0 Å². The summed E-state index contributed by atoms with van der Waals surface area (Å²) in [5.74, 6) is -1.06. The van der Waals surface area contributed by atoms with Gasteiger partial charge >= 0.3 is 15.6 Å². The highest BCUT2D eigenvalue weighted by Crippen LogP contribution is 2.58. The van der Waals surface area contributed by atoms with Crippen LogP contribution in [0, 0.1) is 0 Å². The van der Waals surface area contributed by atoms with Gasteiger partial charge in [-0.05, 0) is 12.1 Å². The quantitative estimate of drug-likeness (QED) is 0.642. The molecule has 0 aliphatic carbocycles. The number of hydrogen-bond donors (Lipinski definition) is 2. The van der Waals surface area contributed by atoms with E-state index < -0.39 is 37.9 Å². The Morgan fingerprint density at radius 2 is 1.95 bits per heavy atom. The average molecular weight is 320 g/mol. The molecule has 0 unspecified atom stereocenters. The van der Waals surface area contributed by atoms with Crippen LogP contribution in [0.2, 0.25) is 0 Å². The molecule has 2 rings (SSSR count). The Balaban J connectivity index is 2.35. The molecule has 11 heteroatoms. The SMILES string of the molecule is O=S(=O)(Oc1ccc2c(c1)S(O)(O)CO2)C(F)(F)F. The van der Waals surface area contributed by atoms with Crippen LogP contribution in [0.1, 0.15) is 0 Å². The Hall–Kier alpha value is -1.17. The molecule has 6 nitrogen and oxygen atoms in total. The highest BCUT2D eigenvalue weighted by Gasteiger charge is 2.48. The van der Waals surface area contributed by atoms with Crippen LogP contribution < -0.4 is 8.92 Å². The molecule has 0 saturated heterocycles. The molecule has 0 aromatic heterocycles. The first-order chi connectivity index (χ1) is 8.53. The molecule has 1 aromatic rings. The maximum Gasteiger partial charge on any atom is 0.534 e. The molecule has 1 aliphatic rings. The largest absolute Gasteiger partial charge is 0.534 e. The third kappa shape index (κ3) is 2.59. The summed E-state index contributed by atoms with van der Waals surface area (Å²) >= 11 is 0. The van der Waals surface area contributed by atoms with Gasteiger partial charge in [0, 0.05) is 6.07 Å². The van der Waals surface area contributed by atoms with Gasteiger partial charge in [-0.2, -0.15) is 21.6 Å². The smallest absolute Gasteiger partial charge is 0.471 e. The molecule has 19 heavy (non-hydrogen) atoms. The van der Waals surface area contributed by atoms with Gasteiger partial charge in [-0.1, -0.05) is 0 Å². The first kappa shape index (κ1) is 14.2. The van der Waals surface area contributed by atoms with Crippen molar-refractivity contribution in [3.05, 3.63) is 18.2 Å². The molecule has 0 radical (unpaired) electrons. The summed E-state index contributed by atoms with van der Waals surface area (Å²) in [5, 5.41) is 0. The molecular formula is C8H7F3O6S2. The lowest BCUT2D eigenvalue weighted by atomic mass is 10.3. The van der Waals surface area contributed by atoms with Gasteiger partial charge in [-0.15, -0.1) is 10.6 Å². The van der Waals surface area contributed by atoms with Crippen molar-refractivity contribution in [3.8, 4) is 11.5 Å². The highest BCUT2D eigenvalue weighted by atomic mass is 32.3. The first-order valence-electron chi connectivity index (χ1n) is 4.56. The molecule has 0 atom stereocenters. The fourth-order valence-corrected chi connectivity index (χ4v) is 2.92. The Kier molecular flexibility index (Phi) is 3.12. The third-order valence-corrected chi connectivity index (χ3v) is 4.58. The Morgan fingerprint density at radius 1 is 1.32 bits per heavy atom. The second kappa shape index (κ2) is 4.16. The molecule has 0 bridgehead atoms. The van der Waals surface area contributed by atoms with Crippen molar-refractivity contribution in [2.75, 3.05) is 5.94 Å². The van der Waals surface area contributed by atoms with E-state index in [1.54, 1.807) is 0 Å². The van der Waals surface area contributed by atoms with Crippen molar-refractivity contribution in [1.29, 1.82) is 0 Å². The van der Waals surface area contributed by atoms with Crippen LogP contribution in [0.5, 0.6) is 11.5 Å². The molecule has 0 fully saturated rings. The zero-order valence-electron chi connectivity index (χ0n) is 8.92. The van der Waals surface area contributed by atoms with Gasteiger partial charge in [0.15, 0.2) is 5.94 Å². The monoisotopic (exact) mass is 320 g/mol. The number of alkyl halides is 3. The molecule has 1 heterocycles. The summed E-state index contributed by atoms with van der Waals surface area (Å²) in [5.41, 5.74) is -5.56. The molecular weight excluding hydrogens is 313 g/mol. The fraction of sp³-hybridized carbons (Fsp3) is 0.250. The van der Waals surface area contributed by atoms with E-state index in [1.807, 2.05) is 0 Å². The second-order valence-corrected chi connectivity index (χ2v) is 7.07. The van der Waals surface area contributed by atoms with Gasteiger partial charge in [-0.25, -0.2) is 0 Å². The van der Waals surface area contributed by atoms with Gasteiger partial charge in [0.25, 0.3) is 0 Å². The second-order valence-electron chi connectivity index (χ2n) is 3.52. The van der Waals surface area contributed by atoms with Crippen LogP contribution >= 0.6 is 10.6 Å². The van der Waals surface area contributed by atoms with E-state index in [2.05, 4.69) is 4.18 Å². The van der Waals surface area contributed by atoms with Crippen molar-refractivity contribution >= 4 is 20.7 Å². The number of rotatable bonds is 2. The van der Waals surface area contributed by atoms with E-state index in [4.69, 9.17) is 4.74 Å². The van der Waals surface area contributed by atoms with Crippen LogP contribution in [0.15, 0.2) is 23.1 Å². The number of halogens is 3. The van der Waals surface area contributed by atoms with Crippen LogP contribution in [0.3, 0.4) is 0 Å². The van der Waals surface area contributed by atoms with E-state index in [0.717, 1.165) is 18.2 Å². The van der Waals surface area contributed by atoms with Gasteiger partial charge in [0.1, 0.15) is 16.4 Å². The number of hydrogen-bond acceptors (Lipinski definition) is 6. The van der Waals surface area contributed by atoms with Crippen LogP contribution in [-0.2, 0) is 10.1 Å². The summed E-state index contributed by atoms with van der Waals surface area (Å²) in [6.45, 7) is 0. The predicted octanol–water partition coefficient (Wildman–Crippen LogP) is 2.37. The van der Waals surface area contributed by atoms with E-state index in [0.29, 0.717) is 0 Å². The molecule has 1 aliphatic heterocycles. The van der Waals surface area contributed by atoms with Crippen LogP contribution in [-0.4, -0.2) is 29.0 Å². The standard InChI is InChI=1S/C8H7F3O6S2/c9-8(10,11)19(14,15)17-5-1-2-6-7(3-5)18(12,13)4-16-6/h1-3,12-13H,4H2. The van der Waals surface area contributed by atoms with Gasteiger partial charge in [0.2, 0.25) is 0 Å². The van der Waals surface area contributed by atoms with Crippen molar-refractivity contribution < 1.29 is 39.6 Å². The maximum absolute atomic E-state index is 12.1. The fourth-order valence-electron chi connectivity index (χ4n) is 1.30. The Morgan fingerprint density at radius 3 is 2.53 bits per heavy atom. The predicted molar refractivity (Wildman–Crippen MR) is 58.7 cm³/mol. The molecule has 1 aromatic carbocycles. The highest BCUT2D eigenvalue weighted by molar-refractivity contribution is 8.24. The molecule has 0 spiro atoms. The van der Waals surface area contributed by atoms with Crippen LogP contribution in [0.4, 0.5) is 13.2 Å². The lowest BCUT2D eigenvalue weighted by molar-refractivity contribution is -0.0500. The molecule has 2 N–H and O–H groups in total. The van der Waals surface area contributed by atoms with Crippen molar-refractivity contribution in [2.45, 2.75) is 10.4 Å². The van der Waals surface area contributed by atoms with Gasteiger partial charge in [-0.3, -0.25) is 9.11 Å². The number of fused-ring (bicyclic) bond motifs is 1. The van der Waals surface area contributed by atoms with Crippen LogP contribution in [0.25, 0.3) is 0 Å². The topological polar surface area (TPSA) is 93.1 Å². The lowest BCUT2D eigenvalue weighted by Crippen LogP contribution is -2.28. The number of ether oxygens (including phenoxy) is 1. The minimum absolute atomic E-state index is 0.0526. The van der Waals surface area contributed by atoms with Gasteiger partial charge < -0.3 is 8.92 Å². The van der Waals surface area contributed by atoms with E-state index in [9.17, 15) is 30.7 Å². The summed E-state index contributed by atoms with van der Waals surface area (Å²) < 4.78 is 85.7. The first-order valence-corrected chi connectivity index (χ1v) is 7.69. The van der Waals surface area contributed by atoms with Gasteiger partial charge in [0.05, 0.1) is 0 Å². The van der Waals surface area contributed by atoms with Crippen molar-refractivity contribution in [2.24, 2.45) is 0 Å². The summed E-state index contributed by atoms with van der Waals surface area (Å²) in [6, 6.07) is 2.81. The van der Waals surface area contributed by atoms with E-state index in [1.165, 1.54) is 0 Å². The van der Waals surface area contributed by atoms with Crippen molar-refractivity contribution in [3.63, 3.8) is 0 Å². The Bertz CT molecular complexity index is 609. The normalized spacial score (nSPS) is 19.4. The average Bonchev–Trinajstić information content (AvgIpc) is 2.53. The Labute approximate surface area is 107 Å². The lowest BCUT2D eigenvalue weighted by Gasteiger charge is -2.23. The number of benzene rings is 1. The summed E-state index contributed by atoms with van der Waals surface area (Å²) in [7, 11) is -9.10. The minimum atomic E-state index is -5.80. The van der Waals surface area contributed by atoms with E-state index >= 15 is 0 Å². The molecule has 0 saturated carbocycles. The zero-order chi connectivity index (χ0) is 14.5. The summed E-state index contributed by atoms with van der Waals surface area (Å²) in [4.78, 5) is -0.192.